The van der Waals surface area contributed by atoms with Crippen LogP contribution in [0.25, 0.3) is 0 Å². The smallest absolute Gasteiger partial charge is 0.0466 e. The number of nitrogens with one attached hydrogen (secondary N) is 1. The van der Waals surface area contributed by atoms with Gasteiger partial charge in [-0.2, -0.15) is 0 Å². The van der Waals surface area contributed by atoms with Crippen molar-refractivity contribution in [2.45, 2.75) is 82.7 Å². The van der Waals surface area contributed by atoms with Crippen molar-refractivity contribution in [2.24, 2.45) is 0 Å². The molecule has 0 spiro atoms. The fourth-order valence-corrected chi connectivity index (χ4v) is 4.24. The summed E-state index contributed by atoms with van der Waals surface area (Å²) in [5, 5.41) is 3.92. The van der Waals surface area contributed by atoms with Crippen LogP contribution in [0.4, 0.5) is 0 Å². The second-order valence-electron chi connectivity index (χ2n) is 6.97. The van der Waals surface area contributed by atoms with Crippen LogP contribution in [0.15, 0.2) is 11.6 Å². The third-order valence-corrected chi connectivity index (χ3v) is 5.44. The number of allylic oxidation sites excluding steroid dienone is 1. The van der Waals surface area contributed by atoms with Gasteiger partial charge >= 0.3 is 0 Å². The van der Waals surface area contributed by atoms with E-state index in [1.165, 1.54) is 64.2 Å². The zero-order chi connectivity index (χ0) is 14.4. The van der Waals surface area contributed by atoms with E-state index in [1.54, 1.807) is 5.57 Å². The van der Waals surface area contributed by atoms with E-state index in [1.807, 2.05) is 0 Å². The van der Waals surface area contributed by atoms with E-state index in [2.05, 4.69) is 37.3 Å². The molecule has 2 nitrogen and oxygen atoms in total. The molecule has 2 aliphatic rings. The van der Waals surface area contributed by atoms with Crippen LogP contribution in [0.3, 0.4) is 0 Å². The molecule has 0 aromatic heterocycles. The first-order valence-electron chi connectivity index (χ1n) is 8.80. The van der Waals surface area contributed by atoms with Crippen molar-refractivity contribution in [2.75, 3.05) is 20.6 Å². The highest BCUT2D eigenvalue weighted by Crippen LogP contribution is 2.40. The Kier molecular flexibility index (Phi) is 6.10. The second kappa shape index (κ2) is 7.61. The maximum Gasteiger partial charge on any atom is 0.0466 e. The molecule has 2 aliphatic carbocycles. The predicted octanol–water partition coefficient (Wildman–Crippen LogP) is 4.12. The minimum atomic E-state index is 0.366. The standard InChI is InChI=1S/C18H34N2/c1-4-15-19-17(16-11-7-5-6-8-12-16)18(20(2)3)13-9-10-14-18/h11,17,19H,4-10,12-15H2,1-3H3. The first-order chi connectivity index (χ1) is 9.70. The first kappa shape index (κ1) is 16.0. The molecule has 0 heterocycles. The molecule has 1 fully saturated rings. The highest BCUT2D eigenvalue weighted by Gasteiger charge is 2.44. The van der Waals surface area contributed by atoms with Crippen molar-refractivity contribution in [3.8, 4) is 0 Å². The summed E-state index contributed by atoms with van der Waals surface area (Å²) in [6, 6.07) is 0.582. The topological polar surface area (TPSA) is 15.3 Å². The quantitative estimate of drug-likeness (QED) is 0.735. The van der Waals surface area contributed by atoms with Gasteiger partial charge in [-0.1, -0.05) is 37.8 Å². The van der Waals surface area contributed by atoms with Crippen molar-refractivity contribution >= 4 is 0 Å². The molecule has 116 valence electrons. The molecule has 1 atom stereocenters. The Morgan fingerprint density at radius 1 is 1.15 bits per heavy atom. The lowest BCUT2D eigenvalue weighted by Gasteiger charge is -2.45. The number of nitrogens with zero attached hydrogens (tertiary/aromatic N) is 1. The van der Waals surface area contributed by atoms with E-state index in [9.17, 15) is 0 Å². The molecule has 1 saturated carbocycles. The van der Waals surface area contributed by atoms with Crippen LogP contribution in [0, 0.1) is 0 Å². The fourth-order valence-electron chi connectivity index (χ4n) is 4.24. The van der Waals surface area contributed by atoms with Gasteiger partial charge in [0.05, 0.1) is 0 Å². The first-order valence-corrected chi connectivity index (χ1v) is 8.80. The van der Waals surface area contributed by atoms with E-state index >= 15 is 0 Å². The van der Waals surface area contributed by atoms with Crippen LogP contribution < -0.4 is 5.32 Å². The molecule has 0 bridgehead atoms. The minimum absolute atomic E-state index is 0.366. The summed E-state index contributed by atoms with van der Waals surface area (Å²) in [6.45, 7) is 3.43. The third-order valence-electron chi connectivity index (χ3n) is 5.44. The Balaban J connectivity index is 2.22. The van der Waals surface area contributed by atoms with Crippen molar-refractivity contribution in [3.63, 3.8) is 0 Å². The van der Waals surface area contributed by atoms with Crippen molar-refractivity contribution in [1.82, 2.24) is 10.2 Å². The maximum atomic E-state index is 3.92. The Morgan fingerprint density at radius 2 is 1.90 bits per heavy atom. The normalized spacial score (nSPS) is 24.5. The van der Waals surface area contributed by atoms with Crippen molar-refractivity contribution in [3.05, 3.63) is 11.6 Å². The van der Waals surface area contributed by atoms with Gasteiger partial charge in [-0.05, 0) is 65.6 Å². The molecule has 1 N–H and O–H groups in total. The molecule has 0 aromatic carbocycles. The molecule has 2 heteroatoms. The van der Waals surface area contributed by atoms with E-state index in [0.29, 0.717) is 11.6 Å². The summed E-state index contributed by atoms with van der Waals surface area (Å²) in [5.74, 6) is 0. The van der Waals surface area contributed by atoms with Gasteiger partial charge in [-0.25, -0.2) is 0 Å². The molecule has 2 rings (SSSR count). The van der Waals surface area contributed by atoms with Gasteiger partial charge in [0, 0.05) is 11.6 Å². The van der Waals surface area contributed by atoms with E-state index < -0.39 is 0 Å². The summed E-state index contributed by atoms with van der Waals surface area (Å²) in [4.78, 5) is 2.53. The molecule has 1 unspecified atom stereocenters. The summed E-state index contributed by atoms with van der Waals surface area (Å²) in [6.07, 6.45) is 16.1. The van der Waals surface area contributed by atoms with Gasteiger partial charge in [0.25, 0.3) is 0 Å². The lowest BCUT2D eigenvalue weighted by molar-refractivity contribution is 0.118. The lowest BCUT2D eigenvalue weighted by Crippen LogP contribution is -2.58. The highest BCUT2D eigenvalue weighted by molar-refractivity contribution is 5.21. The number of hydrogen-bond acceptors (Lipinski definition) is 2. The Labute approximate surface area is 126 Å². The van der Waals surface area contributed by atoms with E-state index in [4.69, 9.17) is 0 Å². The molecular formula is C18H34N2. The van der Waals surface area contributed by atoms with Gasteiger partial charge in [0.2, 0.25) is 0 Å². The third kappa shape index (κ3) is 3.46. The molecule has 0 aromatic rings. The van der Waals surface area contributed by atoms with E-state index in [0.717, 1.165) is 6.54 Å². The molecular weight excluding hydrogens is 244 g/mol. The minimum Gasteiger partial charge on any atom is -0.309 e. The van der Waals surface area contributed by atoms with Gasteiger partial charge in [0.1, 0.15) is 0 Å². The van der Waals surface area contributed by atoms with Crippen molar-refractivity contribution < 1.29 is 0 Å². The van der Waals surface area contributed by atoms with Crippen LogP contribution in [-0.4, -0.2) is 37.1 Å². The van der Waals surface area contributed by atoms with Gasteiger partial charge in [-0.3, -0.25) is 0 Å². The van der Waals surface area contributed by atoms with Crippen LogP contribution in [0.2, 0.25) is 0 Å². The van der Waals surface area contributed by atoms with Crippen molar-refractivity contribution in [1.29, 1.82) is 0 Å². The largest absolute Gasteiger partial charge is 0.309 e. The summed E-state index contributed by atoms with van der Waals surface area (Å²) < 4.78 is 0. The Morgan fingerprint density at radius 3 is 2.55 bits per heavy atom. The molecule has 20 heavy (non-hydrogen) atoms. The lowest BCUT2D eigenvalue weighted by atomic mass is 9.80. The van der Waals surface area contributed by atoms with Crippen LogP contribution >= 0.6 is 0 Å². The fraction of sp³-hybridized carbons (Fsp3) is 0.889. The van der Waals surface area contributed by atoms with Crippen LogP contribution in [0.5, 0.6) is 0 Å². The number of hydrogen-bond donors (Lipinski definition) is 1. The van der Waals surface area contributed by atoms with Crippen LogP contribution in [-0.2, 0) is 0 Å². The number of rotatable bonds is 6. The van der Waals surface area contributed by atoms with Gasteiger partial charge < -0.3 is 10.2 Å². The molecule has 0 amide bonds. The number of likely N-dealkylation sites (N-methyl/N-ethyl adjacent to an activating group) is 1. The monoisotopic (exact) mass is 278 g/mol. The molecule has 0 radical (unpaired) electrons. The maximum absolute atomic E-state index is 3.92. The van der Waals surface area contributed by atoms with Gasteiger partial charge in [-0.15, -0.1) is 0 Å². The SMILES string of the molecule is CCCNC(C1=CCCCCC1)C1(N(C)C)CCCC1. The highest BCUT2D eigenvalue weighted by atomic mass is 15.2. The summed E-state index contributed by atoms with van der Waals surface area (Å²) >= 11 is 0. The zero-order valence-electron chi connectivity index (χ0n) is 13.9. The van der Waals surface area contributed by atoms with E-state index in [-0.39, 0.29) is 0 Å². The molecule has 0 saturated heterocycles. The zero-order valence-corrected chi connectivity index (χ0v) is 13.9. The Bertz CT molecular complexity index is 313. The summed E-state index contributed by atoms with van der Waals surface area (Å²) in [5.41, 5.74) is 2.08. The van der Waals surface area contributed by atoms with Gasteiger partial charge in [0.15, 0.2) is 0 Å². The van der Waals surface area contributed by atoms with Crippen LogP contribution in [0.1, 0.15) is 71.1 Å². The average molecular weight is 278 g/mol. The second-order valence-corrected chi connectivity index (χ2v) is 6.97. The Hall–Kier alpha value is -0.340. The predicted molar refractivity (Wildman–Crippen MR) is 88.1 cm³/mol. The summed E-state index contributed by atoms with van der Waals surface area (Å²) in [7, 11) is 4.59. The average Bonchev–Trinajstić information content (AvgIpc) is 2.78. The molecule has 0 aliphatic heterocycles.